The van der Waals surface area contributed by atoms with Crippen molar-refractivity contribution in [2.24, 2.45) is 5.92 Å². The Kier molecular flexibility index (Phi) is 5.35. The Morgan fingerprint density at radius 2 is 1.83 bits per heavy atom. The number of carbonyl (C=O) groups excluding carboxylic acids is 1. The number of likely N-dealkylation sites (tertiary alicyclic amines) is 1. The molecule has 0 saturated carbocycles. The van der Waals surface area contributed by atoms with Gasteiger partial charge in [-0.1, -0.05) is 0 Å². The van der Waals surface area contributed by atoms with Gasteiger partial charge in [-0.3, -0.25) is 9.59 Å². The van der Waals surface area contributed by atoms with Crippen molar-refractivity contribution < 1.29 is 24.2 Å². The molecule has 2 heterocycles. The van der Waals surface area contributed by atoms with Crippen LogP contribution in [0.2, 0.25) is 0 Å². The van der Waals surface area contributed by atoms with E-state index >= 15 is 0 Å². The fourth-order valence-electron chi connectivity index (χ4n) is 3.21. The highest BCUT2D eigenvalue weighted by molar-refractivity contribution is 5.94. The number of rotatable bonds is 4. The third-order valence-electron chi connectivity index (χ3n) is 4.63. The number of benzene rings is 1. The fourth-order valence-corrected chi connectivity index (χ4v) is 3.21. The van der Waals surface area contributed by atoms with E-state index in [-0.39, 0.29) is 18.6 Å². The zero-order valence-corrected chi connectivity index (χ0v) is 13.6. The van der Waals surface area contributed by atoms with Gasteiger partial charge in [0.05, 0.1) is 19.1 Å². The molecule has 1 aromatic carbocycles. The van der Waals surface area contributed by atoms with E-state index in [9.17, 15) is 9.59 Å². The van der Waals surface area contributed by atoms with Crippen LogP contribution in [0.1, 0.15) is 36.0 Å². The molecule has 1 N–H and O–H groups in total. The second kappa shape index (κ2) is 7.66. The molecule has 6 heteroatoms. The number of amides is 1. The van der Waals surface area contributed by atoms with Crippen LogP contribution in [-0.4, -0.2) is 54.3 Å². The van der Waals surface area contributed by atoms with Crippen molar-refractivity contribution in [2.75, 3.05) is 26.3 Å². The first-order valence-corrected chi connectivity index (χ1v) is 8.50. The molecule has 2 aliphatic rings. The standard InChI is InChI=1S/C18H23NO5/c20-17(19-9-1-2-14(12-19)18(21)22)13-3-5-15(6-4-13)24-16-7-10-23-11-8-16/h3-6,14,16H,1-2,7-12H2,(H,21,22)/t14-/m0/s1. The average Bonchev–Trinajstić information content (AvgIpc) is 2.63. The Hall–Kier alpha value is -2.08. The van der Waals surface area contributed by atoms with Gasteiger partial charge in [0.25, 0.3) is 5.91 Å². The number of ether oxygens (including phenoxy) is 2. The largest absolute Gasteiger partial charge is 0.490 e. The Balaban J connectivity index is 1.60. The number of hydrogen-bond donors (Lipinski definition) is 1. The predicted molar refractivity (Wildman–Crippen MR) is 87.2 cm³/mol. The van der Waals surface area contributed by atoms with Crippen molar-refractivity contribution in [3.63, 3.8) is 0 Å². The fraction of sp³-hybridized carbons (Fsp3) is 0.556. The summed E-state index contributed by atoms with van der Waals surface area (Å²) in [6, 6.07) is 7.12. The van der Waals surface area contributed by atoms with Crippen LogP contribution >= 0.6 is 0 Å². The predicted octanol–water partition coefficient (Wildman–Crippen LogP) is 2.18. The molecule has 2 saturated heterocycles. The first kappa shape index (κ1) is 16.8. The molecule has 0 bridgehead atoms. The van der Waals surface area contributed by atoms with Crippen LogP contribution in [0.25, 0.3) is 0 Å². The number of carbonyl (C=O) groups is 2. The van der Waals surface area contributed by atoms with Crippen molar-refractivity contribution in [1.82, 2.24) is 4.90 Å². The minimum Gasteiger partial charge on any atom is -0.490 e. The van der Waals surface area contributed by atoms with Gasteiger partial charge in [0.1, 0.15) is 11.9 Å². The molecular formula is C18H23NO5. The Morgan fingerprint density at radius 3 is 2.50 bits per heavy atom. The quantitative estimate of drug-likeness (QED) is 0.914. The van der Waals surface area contributed by atoms with E-state index in [1.54, 1.807) is 29.2 Å². The third kappa shape index (κ3) is 4.06. The summed E-state index contributed by atoms with van der Waals surface area (Å²) >= 11 is 0. The van der Waals surface area contributed by atoms with Crippen LogP contribution in [0.3, 0.4) is 0 Å². The van der Waals surface area contributed by atoms with Crippen molar-refractivity contribution >= 4 is 11.9 Å². The topological polar surface area (TPSA) is 76.1 Å². The monoisotopic (exact) mass is 333 g/mol. The van der Waals surface area contributed by atoms with E-state index in [2.05, 4.69) is 0 Å². The third-order valence-corrected chi connectivity index (χ3v) is 4.63. The number of piperidine rings is 1. The average molecular weight is 333 g/mol. The number of aliphatic carboxylic acids is 1. The van der Waals surface area contributed by atoms with Gasteiger partial charge in [-0.15, -0.1) is 0 Å². The summed E-state index contributed by atoms with van der Waals surface area (Å²) in [5.74, 6) is -0.648. The lowest BCUT2D eigenvalue weighted by Crippen LogP contribution is -2.42. The Bertz CT molecular complexity index is 580. The number of carboxylic acids is 1. The van der Waals surface area contributed by atoms with E-state index in [0.29, 0.717) is 18.5 Å². The van der Waals surface area contributed by atoms with Crippen molar-refractivity contribution in [1.29, 1.82) is 0 Å². The van der Waals surface area contributed by atoms with Crippen molar-refractivity contribution in [2.45, 2.75) is 31.8 Å². The summed E-state index contributed by atoms with van der Waals surface area (Å²) in [5.41, 5.74) is 0.570. The zero-order chi connectivity index (χ0) is 16.9. The summed E-state index contributed by atoms with van der Waals surface area (Å²) < 4.78 is 11.2. The van der Waals surface area contributed by atoms with Crippen LogP contribution in [0.5, 0.6) is 5.75 Å². The minimum absolute atomic E-state index is 0.112. The lowest BCUT2D eigenvalue weighted by atomic mass is 9.97. The molecule has 2 fully saturated rings. The molecule has 130 valence electrons. The molecule has 0 aliphatic carbocycles. The molecule has 2 aliphatic heterocycles. The zero-order valence-electron chi connectivity index (χ0n) is 13.6. The van der Waals surface area contributed by atoms with Gasteiger partial charge in [-0.2, -0.15) is 0 Å². The van der Waals surface area contributed by atoms with E-state index in [0.717, 1.165) is 38.2 Å². The van der Waals surface area contributed by atoms with E-state index < -0.39 is 11.9 Å². The highest BCUT2D eigenvalue weighted by Gasteiger charge is 2.28. The molecule has 24 heavy (non-hydrogen) atoms. The first-order chi connectivity index (χ1) is 11.6. The van der Waals surface area contributed by atoms with Gasteiger partial charge < -0.3 is 19.5 Å². The van der Waals surface area contributed by atoms with E-state index in [4.69, 9.17) is 14.6 Å². The number of nitrogens with zero attached hydrogens (tertiary/aromatic N) is 1. The molecule has 6 nitrogen and oxygen atoms in total. The van der Waals surface area contributed by atoms with Gasteiger partial charge in [0.15, 0.2) is 0 Å². The van der Waals surface area contributed by atoms with Crippen LogP contribution < -0.4 is 4.74 Å². The van der Waals surface area contributed by atoms with Crippen molar-refractivity contribution in [3.05, 3.63) is 29.8 Å². The molecule has 1 atom stereocenters. The van der Waals surface area contributed by atoms with E-state index in [1.807, 2.05) is 0 Å². The first-order valence-electron chi connectivity index (χ1n) is 8.50. The molecule has 0 radical (unpaired) electrons. The van der Waals surface area contributed by atoms with E-state index in [1.165, 1.54) is 0 Å². The summed E-state index contributed by atoms with van der Waals surface area (Å²) in [7, 11) is 0. The van der Waals surface area contributed by atoms with Gasteiger partial charge in [-0.05, 0) is 37.1 Å². The molecule has 0 spiro atoms. The second-order valence-corrected chi connectivity index (χ2v) is 6.38. The molecule has 1 aromatic rings. The van der Waals surface area contributed by atoms with Crippen LogP contribution in [0.15, 0.2) is 24.3 Å². The summed E-state index contributed by atoms with van der Waals surface area (Å²) in [5, 5.41) is 9.14. The van der Waals surface area contributed by atoms with Gasteiger partial charge >= 0.3 is 5.97 Å². The van der Waals surface area contributed by atoms with Crippen LogP contribution in [0, 0.1) is 5.92 Å². The SMILES string of the molecule is O=C(O)[C@H]1CCCN(C(=O)c2ccc(OC3CCOCC3)cc2)C1. The number of carboxylic acid groups (broad SMARTS) is 1. The maximum Gasteiger partial charge on any atom is 0.308 e. The van der Waals surface area contributed by atoms with Gasteiger partial charge in [0.2, 0.25) is 0 Å². The molecule has 3 rings (SSSR count). The summed E-state index contributed by atoms with van der Waals surface area (Å²) in [6.07, 6.45) is 3.29. The summed E-state index contributed by atoms with van der Waals surface area (Å²) in [6.45, 7) is 2.35. The molecular weight excluding hydrogens is 310 g/mol. The highest BCUT2D eigenvalue weighted by atomic mass is 16.5. The minimum atomic E-state index is -0.826. The summed E-state index contributed by atoms with van der Waals surface area (Å²) in [4.78, 5) is 25.3. The molecule has 0 unspecified atom stereocenters. The Labute approximate surface area is 141 Å². The number of hydrogen-bond acceptors (Lipinski definition) is 4. The van der Waals surface area contributed by atoms with Gasteiger partial charge in [-0.25, -0.2) is 0 Å². The second-order valence-electron chi connectivity index (χ2n) is 6.38. The highest BCUT2D eigenvalue weighted by Crippen LogP contribution is 2.22. The lowest BCUT2D eigenvalue weighted by molar-refractivity contribution is -0.143. The molecule has 0 aromatic heterocycles. The van der Waals surface area contributed by atoms with Crippen LogP contribution in [0.4, 0.5) is 0 Å². The maximum atomic E-state index is 12.5. The Morgan fingerprint density at radius 1 is 1.12 bits per heavy atom. The maximum absolute atomic E-state index is 12.5. The molecule has 1 amide bonds. The normalized spacial score (nSPS) is 22.2. The van der Waals surface area contributed by atoms with Crippen molar-refractivity contribution in [3.8, 4) is 5.75 Å². The van der Waals surface area contributed by atoms with Gasteiger partial charge in [0, 0.05) is 31.5 Å². The lowest BCUT2D eigenvalue weighted by Gasteiger charge is -2.30. The smallest absolute Gasteiger partial charge is 0.308 e. The van der Waals surface area contributed by atoms with Crippen LogP contribution in [-0.2, 0) is 9.53 Å².